The summed E-state index contributed by atoms with van der Waals surface area (Å²) in [5, 5.41) is 2.27. The molecule has 0 aromatic heterocycles. The van der Waals surface area contributed by atoms with E-state index >= 15 is 0 Å². The average Bonchev–Trinajstić information content (AvgIpc) is 2.55. The number of alkyl halides is 3. The van der Waals surface area contributed by atoms with Crippen molar-refractivity contribution in [3.63, 3.8) is 0 Å². The molecule has 0 aliphatic heterocycles. The molecule has 0 unspecified atom stereocenters. The topological polar surface area (TPSA) is 38.3 Å². The molecule has 2 aromatic carbocycles. The molecule has 2 aromatic rings. The molecule has 0 heterocycles. The highest BCUT2D eigenvalue weighted by Gasteiger charge is 2.33. The lowest BCUT2D eigenvalue weighted by Gasteiger charge is -2.17. The van der Waals surface area contributed by atoms with E-state index in [9.17, 15) is 18.0 Å². The van der Waals surface area contributed by atoms with Crippen molar-refractivity contribution in [3.05, 3.63) is 57.6 Å². The first-order chi connectivity index (χ1) is 12.1. The second-order valence-electron chi connectivity index (χ2n) is 6.17. The van der Waals surface area contributed by atoms with Crippen LogP contribution in [-0.2, 0) is 11.0 Å². The fraction of sp³-hybridized carbons (Fsp3) is 0.316. The van der Waals surface area contributed by atoms with Crippen LogP contribution in [0.15, 0.2) is 40.9 Å². The highest BCUT2D eigenvalue weighted by molar-refractivity contribution is 9.10. The number of rotatable bonds is 5. The molecule has 1 amide bonds. The Bertz CT molecular complexity index is 804. The number of halogens is 4. The van der Waals surface area contributed by atoms with E-state index in [1.54, 1.807) is 6.07 Å². The molecule has 0 aliphatic carbocycles. The zero-order valence-electron chi connectivity index (χ0n) is 14.6. The van der Waals surface area contributed by atoms with Crippen LogP contribution in [0.25, 0.3) is 0 Å². The van der Waals surface area contributed by atoms with E-state index < -0.39 is 17.6 Å². The van der Waals surface area contributed by atoms with E-state index in [-0.39, 0.29) is 18.2 Å². The number of carbonyl (C=O) groups excluding carboxylic acids is 1. The summed E-state index contributed by atoms with van der Waals surface area (Å²) in [5.41, 5.74) is 0.665. The quantitative estimate of drug-likeness (QED) is 0.640. The van der Waals surface area contributed by atoms with Crippen molar-refractivity contribution in [2.24, 2.45) is 0 Å². The van der Waals surface area contributed by atoms with Gasteiger partial charge in [0, 0.05) is 4.47 Å². The van der Waals surface area contributed by atoms with Gasteiger partial charge in [0.25, 0.3) is 5.91 Å². The summed E-state index contributed by atoms with van der Waals surface area (Å²) < 4.78 is 45.5. The lowest BCUT2D eigenvalue weighted by atomic mass is 10.0. The number of hydrogen-bond donors (Lipinski definition) is 1. The number of aryl methyl sites for hydroxylation is 1. The van der Waals surface area contributed by atoms with Gasteiger partial charge in [-0.3, -0.25) is 4.79 Å². The maximum Gasteiger partial charge on any atom is 0.418 e. The van der Waals surface area contributed by atoms with Crippen LogP contribution < -0.4 is 10.1 Å². The van der Waals surface area contributed by atoms with Crippen molar-refractivity contribution in [3.8, 4) is 5.75 Å². The van der Waals surface area contributed by atoms with Crippen LogP contribution >= 0.6 is 15.9 Å². The largest absolute Gasteiger partial charge is 0.483 e. The second kappa shape index (κ2) is 8.12. The molecule has 0 bridgehead atoms. The molecule has 2 rings (SSSR count). The van der Waals surface area contributed by atoms with Gasteiger partial charge in [-0.05, 0) is 48.2 Å². The normalized spacial score (nSPS) is 11.5. The van der Waals surface area contributed by atoms with E-state index in [0.717, 1.165) is 21.7 Å². The Kier molecular flexibility index (Phi) is 6.34. The SMILES string of the molecule is Cc1cc(OCC(=O)Nc2ccccc2C(F)(F)F)c(C(C)C)cc1Br. The maximum atomic E-state index is 13.0. The standard InChI is InChI=1S/C19H19BrF3NO2/c1-11(2)13-9-15(20)12(3)8-17(13)26-10-18(25)24-16-7-5-4-6-14(16)19(21,22)23/h4-9,11H,10H2,1-3H3,(H,24,25). The van der Waals surface area contributed by atoms with Gasteiger partial charge in [0.2, 0.25) is 0 Å². The minimum atomic E-state index is -4.54. The summed E-state index contributed by atoms with van der Waals surface area (Å²) in [6, 6.07) is 8.56. The molecule has 0 aliphatic rings. The summed E-state index contributed by atoms with van der Waals surface area (Å²) in [6.45, 7) is 5.49. The number of benzene rings is 2. The van der Waals surface area contributed by atoms with Gasteiger partial charge in [0.15, 0.2) is 6.61 Å². The summed E-state index contributed by atoms with van der Waals surface area (Å²) in [4.78, 5) is 12.1. The van der Waals surface area contributed by atoms with Crippen LogP contribution in [0.4, 0.5) is 18.9 Å². The summed E-state index contributed by atoms with van der Waals surface area (Å²) in [7, 11) is 0. The molecule has 0 saturated heterocycles. The van der Waals surface area contributed by atoms with Crippen LogP contribution in [0, 0.1) is 6.92 Å². The molecule has 7 heteroatoms. The Morgan fingerprint density at radius 1 is 1.23 bits per heavy atom. The van der Waals surface area contributed by atoms with Crippen molar-refractivity contribution < 1.29 is 22.7 Å². The monoisotopic (exact) mass is 429 g/mol. The van der Waals surface area contributed by atoms with Crippen LogP contribution in [0.5, 0.6) is 5.75 Å². The summed E-state index contributed by atoms with van der Waals surface area (Å²) >= 11 is 3.46. The Morgan fingerprint density at radius 3 is 2.50 bits per heavy atom. The third-order valence-corrected chi connectivity index (χ3v) is 4.63. The third kappa shape index (κ3) is 5.00. The van der Waals surface area contributed by atoms with Crippen LogP contribution in [0.1, 0.15) is 36.5 Å². The van der Waals surface area contributed by atoms with Gasteiger partial charge in [-0.2, -0.15) is 13.2 Å². The lowest BCUT2D eigenvalue weighted by Crippen LogP contribution is -2.22. The molecule has 0 atom stereocenters. The van der Waals surface area contributed by atoms with Crippen molar-refractivity contribution in [1.82, 2.24) is 0 Å². The minimum absolute atomic E-state index is 0.163. The first-order valence-electron chi connectivity index (χ1n) is 7.98. The molecule has 0 fully saturated rings. The summed E-state index contributed by atoms with van der Waals surface area (Å²) in [5.74, 6) is 0.0489. The number of ether oxygens (including phenoxy) is 1. The van der Waals surface area contributed by atoms with Crippen LogP contribution in [0.2, 0.25) is 0 Å². The molecule has 3 nitrogen and oxygen atoms in total. The Balaban J connectivity index is 2.13. The van der Waals surface area contributed by atoms with Crippen LogP contribution in [0.3, 0.4) is 0 Å². The Labute approximate surface area is 158 Å². The van der Waals surface area contributed by atoms with E-state index in [2.05, 4.69) is 21.2 Å². The molecular weight excluding hydrogens is 411 g/mol. The van der Waals surface area contributed by atoms with Gasteiger partial charge in [0.05, 0.1) is 11.3 Å². The highest BCUT2D eigenvalue weighted by atomic mass is 79.9. The Hall–Kier alpha value is -2.02. The number of amides is 1. The molecule has 1 N–H and O–H groups in total. The van der Waals surface area contributed by atoms with Gasteiger partial charge in [-0.25, -0.2) is 0 Å². The number of carbonyl (C=O) groups is 1. The second-order valence-corrected chi connectivity index (χ2v) is 7.03. The predicted octanol–water partition coefficient (Wildman–Crippen LogP) is 5.92. The molecule has 26 heavy (non-hydrogen) atoms. The summed E-state index contributed by atoms with van der Waals surface area (Å²) in [6.07, 6.45) is -4.54. The molecular formula is C19H19BrF3NO2. The number of para-hydroxylation sites is 1. The van der Waals surface area contributed by atoms with Crippen molar-refractivity contribution >= 4 is 27.5 Å². The predicted molar refractivity (Wildman–Crippen MR) is 98.5 cm³/mol. The van der Waals surface area contributed by atoms with E-state index in [4.69, 9.17) is 4.74 Å². The molecule has 0 saturated carbocycles. The van der Waals surface area contributed by atoms with Crippen LogP contribution in [-0.4, -0.2) is 12.5 Å². The first kappa shape index (κ1) is 20.3. The van der Waals surface area contributed by atoms with E-state index in [1.165, 1.54) is 18.2 Å². The fourth-order valence-electron chi connectivity index (χ4n) is 2.42. The van der Waals surface area contributed by atoms with Crippen molar-refractivity contribution in [1.29, 1.82) is 0 Å². The van der Waals surface area contributed by atoms with Gasteiger partial charge >= 0.3 is 6.18 Å². The average molecular weight is 430 g/mol. The Morgan fingerprint density at radius 2 is 1.88 bits per heavy atom. The van der Waals surface area contributed by atoms with E-state index in [0.29, 0.717) is 5.75 Å². The minimum Gasteiger partial charge on any atom is -0.483 e. The molecule has 0 spiro atoms. The van der Waals surface area contributed by atoms with E-state index in [1.807, 2.05) is 26.8 Å². The van der Waals surface area contributed by atoms with Gasteiger partial charge < -0.3 is 10.1 Å². The number of anilines is 1. The lowest BCUT2D eigenvalue weighted by molar-refractivity contribution is -0.137. The third-order valence-electron chi connectivity index (χ3n) is 3.78. The molecule has 140 valence electrons. The zero-order valence-corrected chi connectivity index (χ0v) is 16.2. The van der Waals surface area contributed by atoms with Gasteiger partial charge in [-0.15, -0.1) is 0 Å². The fourth-order valence-corrected chi connectivity index (χ4v) is 2.78. The van der Waals surface area contributed by atoms with Crippen molar-refractivity contribution in [2.75, 3.05) is 11.9 Å². The number of hydrogen-bond acceptors (Lipinski definition) is 2. The van der Waals surface area contributed by atoms with Crippen molar-refractivity contribution in [2.45, 2.75) is 32.9 Å². The molecule has 0 radical (unpaired) electrons. The zero-order chi connectivity index (χ0) is 19.5. The first-order valence-corrected chi connectivity index (χ1v) is 8.77. The smallest absolute Gasteiger partial charge is 0.418 e. The van der Waals surface area contributed by atoms with Gasteiger partial charge in [-0.1, -0.05) is 41.9 Å². The highest BCUT2D eigenvalue weighted by Crippen LogP contribution is 2.35. The number of nitrogens with one attached hydrogen (secondary N) is 1. The van der Waals surface area contributed by atoms with Gasteiger partial charge in [0.1, 0.15) is 5.75 Å². The maximum absolute atomic E-state index is 13.0.